The monoisotopic (exact) mass is 482 g/mol. The molecule has 3 unspecified atom stereocenters. The number of hydrogen-bond acceptors (Lipinski definition) is 2. The third kappa shape index (κ3) is 13.7. The maximum atomic E-state index is 13.0. The Labute approximate surface area is 211 Å². The number of unbranched alkanes of at least 4 members (excludes halogenated alkanes) is 8. The van der Waals surface area contributed by atoms with Crippen molar-refractivity contribution in [3.8, 4) is 0 Å². The summed E-state index contributed by atoms with van der Waals surface area (Å²) in [5, 5.41) is 19.4. The van der Waals surface area contributed by atoms with Crippen molar-refractivity contribution in [1.29, 1.82) is 0 Å². The van der Waals surface area contributed by atoms with Crippen LogP contribution < -0.4 is 0 Å². The van der Waals surface area contributed by atoms with Gasteiger partial charge >= 0.3 is 11.9 Å². The van der Waals surface area contributed by atoms with Gasteiger partial charge in [-0.1, -0.05) is 125 Å². The Morgan fingerprint density at radius 1 is 0.647 bits per heavy atom. The first-order chi connectivity index (χ1) is 16.3. The predicted molar refractivity (Wildman–Crippen MR) is 144 cm³/mol. The first-order valence-corrected chi connectivity index (χ1v) is 14.7. The van der Waals surface area contributed by atoms with Gasteiger partial charge in [-0.05, 0) is 43.4 Å². The molecule has 0 rings (SSSR count). The fourth-order valence-electron chi connectivity index (χ4n) is 5.67. The summed E-state index contributed by atoms with van der Waals surface area (Å²) in [6, 6.07) is 0. The van der Waals surface area contributed by atoms with E-state index in [4.69, 9.17) is 5.11 Å². The number of carboxylic acid groups (broad SMARTS) is 2. The van der Waals surface area contributed by atoms with E-state index in [0.717, 1.165) is 83.5 Å². The average Bonchev–Trinajstić information content (AvgIpc) is 2.81. The second kappa shape index (κ2) is 20.2. The van der Waals surface area contributed by atoms with Crippen LogP contribution in [0.2, 0.25) is 0 Å². The van der Waals surface area contributed by atoms with Crippen LogP contribution in [0.15, 0.2) is 0 Å². The lowest BCUT2D eigenvalue weighted by atomic mass is 9.63. The Morgan fingerprint density at radius 2 is 1.09 bits per heavy atom. The topological polar surface area (TPSA) is 74.6 Å². The summed E-state index contributed by atoms with van der Waals surface area (Å²) in [4.78, 5) is 23.6. The van der Waals surface area contributed by atoms with E-state index in [0.29, 0.717) is 11.8 Å². The molecular weight excluding hydrogens is 424 g/mol. The molecule has 34 heavy (non-hydrogen) atoms. The van der Waals surface area contributed by atoms with Crippen LogP contribution in [0.5, 0.6) is 0 Å². The SMILES string of the molecule is CCCCC(CC)CC(CC(CC)CCCC)(C(=O)O)C(C)CCCCCCCCCC(=O)O. The summed E-state index contributed by atoms with van der Waals surface area (Å²) < 4.78 is 0. The number of hydrogen-bond donors (Lipinski definition) is 2. The van der Waals surface area contributed by atoms with Crippen molar-refractivity contribution in [3.05, 3.63) is 0 Å². The Kier molecular flexibility index (Phi) is 19.5. The van der Waals surface area contributed by atoms with Gasteiger partial charge in [-0.25, -0.2) is 0 Å². The molecule has 0 saturated carbocycles. The molecule has 202 valence electrons. The molecule has 0 radical (unpaired) electrons. The highest BCUT2D eigenvalue weighted by Crippen LogP contribution is 2.46. The average molecular weight is 483 g/mol. The van der Waals surface area contributed by atoms with Gasteiger partial charge in [0.25, 0.3) is 0 Å². The molecule has 4 nitrogen and oxygen atoms in total. The minimum Gasteiger partial charge on any atom is -0.481 e. The molecule has 0 aliphatic rings. The van der Waals surface area contributed by atoms with Gasteiger partial charge in [0, 0.05) is 6.42 Å². The van der Waals surface area contributed by atoms with E-state index in [-0.39, 0.29) is 12.3 Å². The highest BCUT2D eigenvalue weighted by molar-refractivity contribution is 5.75. The Bertz CT molecular complexity index is 498. The molecule has 0 aliphatic heterocycles. The predicted octanol–water partition coefficient (Wildman–Crippen LogP) is 9.50. The fourth-order valence-corrected chi connectivity index (χ4v) is 5.67. The van der Waals surface area contributed by atoms with Crippen molar-refractivity contribution in [1.82, 2.24) is 0 Å². The summed E-state index contributed by atoms with van der Waals surface area (Å²) in [7, 11) is 0. The molecule has 4 heteroatoms. The van der Waals surface area contributed by atoms with Crippen molar-refractivity contribution in [3.63, 3.8) is 0 Å². The molecule has 0 fully saturated rings. The molecule has 0 amide bonds. The number of carbonyl (C=O) groups is 2. The third-order valence-electron chi connectivity index (χ3n) is 8.29. The second-order valence-electron chi connectivity index (χ2n) is 11.0. The minimum absolute atomic E-state index is 0.201. The first-order valence-electron chi connectivity index (χ1n) is 14.7. The van der Waals surface area contributed by atoms with Crippen LogP contribution in [0.4, 0.5) is 0 Å². The lowest BCUT2D eigenvalue weighted by molar-refractivity contribution is -0.156. The summed E-state index contributed by atoms with van der Waals surface area (Å²) >= 11 is 0. The van der Waals surface area contributed by atoms with Gasteiger partial charge in [-0.3, -0.25) is 9.59 Å². The maximum Gasteiger partial charge on any atom is 0.309 e. The molecule has 0 spiro atoms. The van der Waals surface area contributed by atoms with Crippen molar-refractivity contribution < 1.29 is 19.8 Å². The third-order valence-corrected chi connectivity index (χ3v) is 8.29. The number of carboxylic acids is 2. The lowest BCUT2D eigenvalue weighted by Crippen LogP contribution is -2.41. The van der Waals surface area contributed by atoms with Gasteiger partial charge in [-0.15, -0.1) is 0 Å². The summed E-state index contributed by atoms with van der Waals surface area (Å²) in [5.74, 6) is -0.0351. The van der Waals surface area contributed by atoms with Gasteiger partial charge in [0.2, 0.25) is 0 Å². The fraction of sp³-hybridized carbons (Fsp3) is 0.933. The van der Waals surface area contributed by atoms with E-state index in [9.17, 15) is 14.7 Å². The first kappa shape index (κ1) is 32.9. The molecule has 0 aromatic rings. The van der Waals surface area contributed by atoms with E-state index in [1.165, 1.54) is 32.1 Å². The van der Waals surface area contributed by atoms with Crippen molar-refractivity contribution in [2.45, 2.75) is 157 Å². The van der Waals surface area contributed by atoms with E-state index < -0.39 is 17.4 Å². The highest BCUT2D eigenvalue weighted by Gasteiger charge is 2.45. The molecule has 0 aromatic heterocycles. The van der Waals surface area contributed by atoms with Gasteiger partial charge < -0.3 is 10.2 Å². The van der Waals surface area contributed by atoms with Crippen LogP contribution in [0.25, 0.3) is 0 Å². The maximum absolute atomic E-state index is 13.0. The molecule has 0 heterocycles. The van der Waals surface area contributed by atoms with Crippen molar-refractivity contribution >= 4 is 11.9 Å². The zero-order valence-electron chi connectivity index (χ0n) is 23.4. The van der Waals surface area contributed by atoms with Gasteiger partial charge in [-0.2, -0.15) is 0 Å². The zero-order chi connectivity index (χ0) is 25.8. The normalized spacial score (nSPS) is 16.0. The highest BCUT2D eigenvalue weighted by atomic mass is 16.4. The Hall–Kier alpha value is -1.06. The van der Waals surface area contributed by atoms with Crippen LogP contribution in [0, 0.1) is 23.2 Å². The molecule has 3 atom stereocenters. The second-order valence-corrected chi connectivity index (χ2v) is 11.0. The van der Waals surface area contributed by atoms with Gasteiger partial charge in [0.1, 0.15) is 0 Å². The van der Waals surface area contributed by atoms with Crippen molar-refractivity contribution in [2.75, 3.05) is 0 Å². The van der Waals surface area contributed by atoms with E-state index >= 15 is 0 Å². The smallest absolute Gasteiger partial charge is 0.309 e. The van der Waals surface area contributed by atoms with Gasteiger partial charge in [0.05, 0.1) is 5.41 Å². The molecular formula is C30H58O4. The van der Waals surface area contributed by atoms with E-state index in [1.807, 2.05) is 0 Å². The van der Waals surface area contributed by atoms with Crippen molar-refractivity contribution in [2.24, 2.45) is 23.2 Å². The summed E-state index contributed by atoms with van der Waals surface area (Å²) in [6.07, 6.45) is 19.6. The molecule has 0 bridgehead atoms. The lowest BCUT2D eigenvalue weighted by Gasteiger charge is -2.40. The molecule has 0 saturated heterocycles. The Morgan fingerprint density at radius 3 is 1.47 bits per heavy atom. The summed E-state index contributed by atoms with van der Waals surface area (Å²) in [6.45, 7) is 11.2. The summed E-state index contributed by atoms with van der Waals surface area (Å²) in [5.41, 5.74) is -0.598. The zero-order valence-corrected chi connectivity index (χ0v) is 23.4. The minimum atomic E-state index is -0.698. The van der Waals surface area contributed by atoms with Crippen LogP contribution in [-0.4, -0.2) is 22.2 Å². The van der Waals surface area contributed by atoms with E-state index in [2.05, 4.69) is 34.6 Å². The standard InChI is InChI=1S/C30H58O4/c1-6-10-20-26(8-3)23-30(29(33)34,24-27(9-4)21-11-7-2)25(5)19-17-15-13-12-14-16-18-22-28(31)32/h25-27H,6-24H2,1-5H3,(H,31,32)(H,33,34). The number of rotatable bonds is 24. The van der Waals surface area contributed by atoms with Crippen LogP contribution in [0.1, 0.15) is 157 Å². The Balaban J connectivity index is 5.08. The largest absolute Gasteiger partial charge is 0.481 e. The van der Waals surface area contributed by atoms with Gasteiger partial charge in [0.15, 0.2) is 0 Å². The van der Waals surface area contributed by atoms with Crippen LogP contribution in [-0.2, 0) is 9.59 Å². The molecule has 2 N–H and O–H groups in total. The van der Waals surface area contributed by atoms with E-state index in [1.54, 1.807) is 0 Å². The number of aliphatic carboxylic acids is 2. The molecule has 0 aromatic carbocycles. The molecule has 0 aliphatic carbocycles. The van der Waals surface area contributed by atoms with Crippen LogP contribution in [0.3, 0.4) is 0 Å². The quantitative estimate of drug-likeness (QED) is 0.134. The van der Waals surface area contributed by atoms with Crippen LogP contribution >= 0.6 is 0 Å².